The third kappa shape index (κ3) is 6.56. The third-order valence-corrected chi connectivity index (χ3v) is 8.95. The van der Waals surface area contributed by atoms with Crippen LogP contribution >= 0.6 is 23.2 Å². The molecule has 13 heteroatoms. The van der Waals surface area contributed by atoms with E-state index in [1.54, 1.807) is 6.92 Å². The van der Waals surface area contributed by atoms with Crippen LogP contribution in [0.4, 0.5) is 13.2 Å². The lowest BCUT2D eigenvalue weighted by Crippen LogP contribution is -2.50. The van der Waals surface area contributed by atoms with Crippen molar-refractivity contribution in [1.82, 2.24) is 19.7 Å². The normalized spacial score (nSPS) is 24.7. The second-order valence-corrected chi connectivity index (χ2v) is 12.7. The average molecular weight is 617 g/mol. The van der Waals surface area contributed by atoms with E-state index in [-0.39, 0.29) is 47.2 Å². The maximum absolute atomic E-state index is 14.5. The quantitative estimate of drug-likeness (QED) is 0.305. The summed E-state index contributed by atoms with van der Waals surface area (Å²) in [6.07, 6.45) is 1.18. The highest BCUT2D eigenvalue weighted by molar-refractivity contribution is 6.39. The van der Waals surface area contributed by atoms with Gasteiger partial charge in [0.15, 0.2) is 11.5 Å². The molecule has 2 fully saturated rings. The molecule has 0 saturated heterocycles. The van der Waals surface area contributed by atoms with Crippen LogP contribution in [0.2, 0.25) is 10.0 Å². The van der Waals surface area contributed by atoms with E-state index in [4.69, 9.17) is 23.2 Å². The first kappa shape index (κ1) is 31.3. The number of carbonyl (C=O) groups is 3. The number of carboxylic acids is 1. The van der Waals surface area contributed by atoms with Gasteiger partial charge in [0.1, 0.15) is 0 Å². The van der Waals surface area contributed by atoms with Gasteiger partial charge in [-0.3, -0.25) is 24.0 Å². The van der Waals surface area contributed by atoms with Gasteiger partial charge in [-0.1, -0.05) is 37.0 Å². The molecule has 1 amide bonds. The van der Waals surface area contributed by atoms with E-state index in [0.717, 1.165) is 17.3 Å². The van der Waals surface area contributed by atoms with Crippen LogP contribution in [0.25, 0.3) is 0 Å². The molecular formula is C28H33Cl2F3N4O4. The fourth-order valence-corrected chi connectivity index (χ4v) is 6.60. The first-order valence-electron chi connectivity index (χ1n) is 13.6. The highest BCUT2D eigenvalue weighted by Crippen LogP contribution is 2.44. The van der Waals surface area contributed by atoms with E-state index in [0.29, 0.717) is 18.8 Å². The first-order valence-corrected chi connectivity index (χ1v) is 14.4. The molecule has 2 aliphatic carbocycles. The fraction of sp³-hybridized carbons (Fsp3) is 0.607. The molecule has 0 atom stereocenters. The number of Topliss-reactive ketones (excluding diaryl/α,β-unsaturated/α-hetero) is 1. The number of rotatable bonds is 9. The molecule has 0 radical (unpaired) electrons. The van der Waals surface area contributed by atoms with Gasteiger partial charge in [0.05, 0.1) is 45.4 Å². The molecule has 224 valence electrons. The zero-order valence-electron chi connectivity index (χ0n) is 23.0. The summed E-state index contributed by atoms with van der Waals surface area (Å²) in [4.78, 5) is 43.8. The van der Waals surface area contributed by atoms with E-state index >= 15 is 0 Å². The smallest absolute Gasteiger partial charge is 0.433 e. The second kappa shape index (κ2) is 11.9. The molecule has 41 heavy (non-hydrogen) atoms. The Hall–Kier alpha value is -2.66. The lowest BCUT2D eigenvalue weighted by molar-refractivity contribution is -0.152. The number of alkyl halides is 3. The lowest BCUT2D eigenvalue weighted by Gasteiger charge is -2.43. The maximum atomic E-state index is 14.5. The van der Waals surface area contributed by atoms with Crippen molar-refractivity contribution in [3.8, 4) is 0 Å². The van der Waals surface area contributed by atoms with Crippen LogP contribution in [0.3, 0.4) is 0 Å². The van der Waals surface area contributed by atoms with Crippen molar-refractivity contribution >= 4 is 40.9 Å². The summed E-state index contributed by atoms with van der Waals surface area (Å²) < 4.78 is 44.3. The molecular weight excluding hydrogens is 584 g/mol. The zero-order chi connectivity index (χ0) is 30.3. The van der Waals surface area contributed by atoms with Gasteiger partial charge in [0.2, 0.25) is 0 Å². The Balaban J connectivity index is 1.66. The Morgan fingerprint density at radius 3 is 2.22 bits per heavy atom. The number of aliphatic carboxylic acids is 1. The number of amides is 1. The molecule has 8 nitrogen and oxygen atoms in total. The van der Waals surface area contributed by atoms with Crippen molar-refractivity contribution in [1.29, 1.82) is 0 Å². The zero-order valence-corrected chi connectivity index (χ0v) is 24.6. The Kier molecular flexibility index (Phi) is 9.09. The standard InChI is InChI=1S/C28H33Cl2F3N4O4/c1-15(2)8-16-9-18(10-16)36(14-22(38)23-20(29)12-34-13-21(23)30)25(39)19-11-35-37(24(19)28(31,32)33)17-4-6-27(3,7-5-17)26(40)41/h11-13,15-18H,4-10,14H2,1-3H3,(H,40,41). The van der Waals surface area contributed by atoms with E-state index in [9.17, 15) is 32.7 Å². The van der Waals surface area contributed by atoms with E-state index in [1.807, 2.05) is 0 Å². The number of halogens is 5. The molecule has 4 rings (SSSR count). The lowest BCUT2D eigenvalue weighted by atomic mass is 9.74. The van der Waals surface area contributed by atoms with Crippen LogP contribution in [-0.2, 0) is 11.0 Å². The van der Waals surface area contributed by atoms with Crippen LogP contribution in [0, 0.1) is 17.3 Å². The largest absolute Gasteiger partial charge is 0.481 e. The topological polar surface area (TPSA) is 105 Å². The van der Waals surface area contributed by atoms with Gasteiger partial charge in [0.25, 0.3) is 5.91 Å². The van der Waals surface area contributed by atoms with Crippen LogP contribution < -0.4 is 0 Å². The Bertz CT molecular complexity index is 1300. The first-order chi connectivity index (χ1) is 19.1. The molecule has 2 aromatic rings. The predicted molar refractivity (Wildman–Crippen MR) is 146 cm³/mol. The predicted octanol–water partition coefficient (Wildman–Crippen LogP) is 6.96. The molecule has 0 aromatic carbocycles. The SMILES string of the molecule is CC(C)CC1CC(N(CC(=O)c2c(Cl)cncc2Cl)C(=O)c2cnn(C3CCC(C)(C(=O)O)CC3)c2C(F)(F)F)C1. The number of carbonyl (C=O) groups excluding carboxylic acids is 2. The third-order valence-electron chi connectivity index (χ3n) is 8.38. The van der Waals surface area contributed by atoms with Crippen LogP contribution in [-0.4, -0.2) is 55.0 Å². The summed E-state index contributed by atoms with van der Waals surface area (Å²) in [5.41, 5.74) is -2.91. The molecule has 0 bridgehead atoms. The number of hydrogen-bond acceptors (Lipinski definition) is 5. The Labute approximate surface area is 246 Å². The molecule has 0 unspecified atom stereocenters. The Morgan fingerprint density at radius 1 is 1.12 bits per heavy atom. The van der Waals surface area contributed by atoms with Crippen LogP contribution in [0.5, 0.6) is 0 Å². The van der Waals surface area contributed by atoms with Crippen molar-refractivity contribution < 1.29 is 32.7 Å². The van der Waals surface area contributed by atoms with E-state index in [2.05, 4.69) is 23.9 Å². The van der Waals surface area contributed by atoms with E-state index in [1.165, 1.54) is 17.3 Å². The summed E-state index contributed by atoms with van der Waals surface area (Å²) in [5, 5.41) is 13.5. The maximum Gasteiger partial charge on any atom is 0.433 e. The van der Waals surface area contributed by atoms with Gasteiger partial charge in [-0.15, -0.1) is 0 Å². The van der Waals surface area contributed by atoms with Crippen LogP contribution in [0.15, 0.2) is 18.6 Å². The molecule has 2 aliphatic rings. The minimum absolute atomic E-state index is 0.0179. The molecule has 0 aliphatic heterocycles. The summed E-state index contributed by atoms with van der Waals surface area (Å²) in [7, 11) is 0. The Morgan fingerprint density at radius 2 is 1.71 bits per heavy atom. The summed E-state index contributed by atoms with van der Waals surface area (Å²) in [5.74, 6) is -1.85. The molecule has 2 saturated carbocycles. The summed E-state index contributed by atoms with van der Waals surface area (Å²) in [6.45, 7) is 5.21. The highest BCUT2D eigenvalue weighted by atomic mass is 35.5. The van der Waals surface area contributed by atoms with Crippen LogP contribution in [0.1, 0.15) is 98.2 Å². The number of aromatic nitrogens is 3. The fourth-order valence-electron chi connectivity index (χ4n) is 6.02. The molecule has 2 aromatic heterocycles. The van der Waals surface area contributed by atoms with Crippen molar-refractivity contribution in [3.05, 3.63) is 45.5 Å². The monoisotopic (exact) mass is 616 g/mol. The van der Waals surface area contributed by atoms with Gasteiger partial charge < -0.3 is 10.0 Å². The van der Waals surface area contributed by atoms with Gasteiger partial charge >= 0.3 is 12.1 Å². The van der Waals surface area contributed by atoms with Gasteiger partial charge in [-0.25, -0.2) is 0 Å². The number of pyridine rings is 1. The molecule has 0 spiro atoms. The minimum atomic E-state index is -4.91. The van der Waals surface area contributed by atoms with Crippen molar-refractivity contribution in [2.24, 2.45) is 17.3 Å². The summed E-state index contributed by atoms with van der Waals surface area (Å²) >= 11 is 12.3. The van der Waals surface area contributed by atoms with Crippen molar-refractivity contribution in [2.45, 2.75) is 84.0 Å². The molecule has 2 heterocycles. The van der Waals surface area contributed by atoms with Gasteiger partial charge in [0, 0.05) is 18.4 Å². The number of carboxylic acid groups (broad SMARTS) is 1. The molecule has 1 N–H and O–H groups in total. The second-order valence-electron chi connectivity index (χ2n) is 11.9. The van der Waals surface area contributed by atoms with Gasteiger partial charge in [-0.2, -0.15) is 18.3 Å². The average Bonchev–Trinajstić information content (AvgIpc) is 3.30. The number of ketones is 1. The van der Waals surface area contributed by atoms with Crippen molar-refractivity contribution in [2.75, 3.05) is 6.54 Å². The number of hydrogen-bond donors (Lipinski definition) is 1. The summed E-state index contributed by atoms with van der Waals surface area (Å²) in [6, 6.07) is -1.16. The van der Waals surface area contributed by atoms with E-state index < -0.39 is 59.1 Å². The number of nitrogens with zero attached hydrogens (tertiary/aromatic N) is 4. The highest BCUT2D eigenvalue weighted by Gasteiger charge is 2.46. The van der Waals surface area contributed by atoms with Gasteiger partial charge in [-0.05, 0) is 63.7 Å². The van der Waals surface area contributed by atoms with Crippen molar-refractivity contribution in [3.63, 3.8) is 0 Å². The minimum Gasteiger partial charge on any atom is -0.481 e.